The first-order valence-corrected chi connectivity index (χ1v) is 7.38. The number of ether oxygens (including phenoxy) is 2. The van der Waals surface area contributed by atoms with E-state index in [9.17, 15) is 9.18 Å². The minimum Gasteiger partial charge on any atom is -0.490 e. The minimum atomic E-state index is -1.07. The molecule has 6 heteroatoms. The fraction of sp³-hybridized carbons (Fsp3) is 0.188. The van der Waals surface area contributed by atoms with E-state index < -0.39 is 5.97 Å². The summed E-state index contributed by atoms with van der Waals surface area (Å²) in [7, 11) is 0. The van der Waals surface area contributed by atoms with Gasteiger partial charge in [0.05, 0.1) is 16.6 Å². The third kappa shape index (κ3) is 3.76. The van der Waals surface area contributed by atoms with E-state index >= 15 is 0 Å². The molecular weight excluding hydrogens is 355 g/mol. The van der Waals surface area contributed by atoms with E-state index in [2.05, 4.69) is 15.9 Å². The van der Waals surface area contributed by atoms with Gasteiger partial charge in [-0.25, -0.2) is 9.18 Å². The summed E-state index contributed by atoms with van der Waals surface area (Å²) in [6.45, 7) is 2.14. The van der Waals surface area contributed by atoms with Crippen molar-refractivity contribution in [1.29, 1.82) is 0 Å². The molecule has 0 spiro atoms. The normalized spacial score (nSPS) is 10.3. The lowest BCUT2D eigenvalue weighted by Gasteiger charge is -2.15. The average molecular weight is 369 g/mol. The fourth-order valence-corrected chi connectivity index (χ4v) is 2.42. The number of rotatable bonds is 6. The van der Waals surface area contributed by atoms with Gasteiger partial charge in [0, 0.05) is 5.56 Å². The Balaban J connectivity index is 2.29. The highest BCUT2D eigenvalue weighted by Crippen LogP contribution is 2.37. The second-order valence-corrected chi connectivity index (χ2v) is 5.26. The second kappa shape index (κ2) is 7.26. The van der Waals surface area contributed by atoms with E-state index in [1.807, 2.05) is 0 Å². The summed E-state index contributed by atoms with van der Waals surface area (Å²) >= 11 is 3.27. The van der Waals surface area contributed by atoms with Gasteiger partial charge in [-0.1, -0.05) is 18.2 Å². The van der Waals surface area contributed by atoms with Crippen molar-refractivity contribution >= 4 is 21.9 Å². The molecule has 0 aliphatic carbocycles. The van der Waals surface area contributed by atoms with Crippen molar-refractivity contribution in [3.8, 4) is 11.5 Å². The maximum Gasteiger partial charge on any atom is 0.335 e. The van der Waals surface area contributed by atoms with Gasteiger partial charge in [-0.3, -0.25) is 0 Å². The summed E-state index contributed by atoms with van der Waals surface area (Å²) in [5.74, 6) is -0.790. The van der Waals surface area contributed by atoms with E-state index in [1.165, 1.54) is 18.2 Å². The molecule has 0 amide bonds. The first-order valence-electron chi connectivity index (χ1n) is 6.58. The molecule has 2 aromatic carbocycles. The minimum absolute atomic E-state index is 0.0117. The zero-order chi connectivity index (χ0) is 16.1. The van der Waals surface area contributed by atoms with Crippen molar-refractivity contribution in [2.45, 2.75) is 13.5 Å². The Morgan fingerprint density at radius 3 is 2.64 bits per heavy atom. The van der Waals surface area contributed by atoms with Crippen LogP contribution in [0.4, 0.5) is 4.39 Å². The van der Waals surface area contributed by atoms with Gasteiger partial charge in [-0.05, 0) is 41.1 Å². The summed E-state index contributed by atoms with van der Waals surface area (Å²) in [5.41, 5.74) is 0.479. The lowest BCUT2D eigenvalue weighted by atomic mass is 10.2. The van der Waals surface area contributed by atoms with Gasteiger partial charge in [0.25, 0.3) is 0 Å². The van der Waals surface area contributed by atoms with E-state index in [0.717, 1.165) is 0 Å². The molecule has 116 valence electrons. The molecule has 0 aliphatic heterocycles. The molecule has 0 saturated heterocycles. The Morgan fingerprint density at radius 2 is 2.00 bits per heavy atom. The molecule has 0 fully saturated rings. The molecule has 1 N–H and O–H groups in total. The van der Waals surface area contributed by atoms with Crippen LogP contribution in [0, 0.1) is 5.82 Å². The molecule has 0 bridgehead atoms. The molecule has 2 aromatic rings. The van der Waals surface area contributed by atoms with Crippen LogP contribution in [0.25, 0.3) is 0 Å². The second-order valence-electron chi connectivity index (χ2n) is 4.40. The Labute approximate surface area is 135 Å². The van der Waals surface area contributed by atoms with Crippen LogP contribution in [0.2, 0.25) is 0 Å². The third-order valence-corrected chi connectivity index (χ3v) is 3.48. The molecule has 0 saturated carbocycles. The number of hydrogen-bond donors (Lipinski definition) is 1. The van der Waals surface area contributed by atoms with Crippen molar-refractivity contribution in [2.75, 3.05) is 6.61 Å². The Kier molecular flexibility index (Phi) is 5.38. The van der Waals surface area contributed by atoms with Crippen molar-refractivity contribution in [1.82, 2.24) is 0 Å². The van der Waals surface area contributed by atoms with Crippen LogP contribution in [0.15, 0.2) is 40.9 Å². The third-order valence-electron chi connectivity index (χ3n) is 2.89. The van der Waals surface area contributed by atoms with Crippen LogP contribution in [0.5, 0.6) is 11.5 Å². The predicted molar refractivity (Wildman–Crippen MR) is 83.0 cm³/mol. The zero-order valence-electron chi connectivity index (χ0n) is 11.8. The molecule has 2 rings (SSSR count). The topological polar surface area (TPSA) is 55.8 Å². The number of carboxylic acid groups (broad SMARTS) is 1. The van der Waals surface area contributed by atoms with Crippen molar-refractivity contribution in [3.63, 3.8) is 0 Å². The van der Waals surface area contributed by atoms with Gasteiger partial charge in [-0.15, -0.1) is 0 Å². The van der Waals surface area contributed by atoms with Gasteiger partial charge in [0.2, 0.25) is 0 Å². The number of aromatic carboxylic acids is 1. The van der Waals surface area contributed by atoms with Crippen molar-refractivity contribution in [3.05, 3.63) is 57.8 Å². The van der Waals surface area contributed by atoms with E-state index in [-0.39, 0.29) is 18.0 Å². The van der Waals surface area contributed by atoms with Gasteiger partial charge in [0.15, 0.2) is 11.5 Å². The molecule has 0 atom stereocenters. The highest BCUT2D eigenvalue weighted by atomic mass is 79.9. The van der Waals surface area contributed by atoms with Crippen LogP contribution < -0.4 is 9.47 Å². The molecule has 0 heterocycles. The standard InChI is InChI=1S/C16H14BrFO4/c1-2-21-14-8-11(16(19)20)7-12(17)15(14)22-9-10-5-3-4-6-13(10)18/h3-8H,2,9H2,1H3,(H,19,20). The summed E-state index contributed by atoms with van der Waals surface area (Å²) in [6, 6.07) is 9.09. The molecule has 0 aromatic heterocycles. The Bertz CT molecular complexity index is 688. The van der Waals surface area contributed by atoms with Crippen molar-refractivity contribution < 1.29 is 23.8 Å². The van der Waals surface area contributed by atoms with Crippen LogP contribution >= 0.6 is 15.9 Å². The number of benzene rings is 2. The SMILES string of the molecule is CCOc1cc(C(=O)O)cc(Br)c1OCc1ccccc1F. The number of hydrogen-bond acceptors (Lipinski definition) is 3. The first-order chi connectivity index (χ1) is 10.5. The maximum absolute atomic E-state index is 13.6. The molecule has 0 unspecified atom stereocenters. The van der Waals surface area contributed by atoms with Crippen LogP contribution in [-0.4, -0.2) is 17.7 Å². The first kappa shape index (κ1) is 16.3. The van der Waals surface area contributed by atoms with Gasteiger partial charge in [0.1, 0.15) is 12.4 Å². The lowest BCUT2D eigenvalue weighted by Crippen LogP contribution is -2.04. The fourth-order valence-electron chi connectivity index (χ4n) is 1.86. The maximum atomic E-state index is 13.6. The van der Waals surface area contributed by atoms with Crippen LogP contribution in [0.3, 0.4) is 0 Å². The summed E-state index contributed by atoms with van der Waals surface area (Å²) in [6.07, 6.45) is 0. The van der Waals surface area contributed by atoms with Gasteiger partial charge >= 0.3 is 5.97 Å². The average Bonchev–Trinajstić information content (AvgIpc) is 2.48. The number of carbonyl (C=O) groups is 1. The summed E-state index contributed by atoms with van der Waals surface area (Å²) in [5, 5.41) is 9.07. The smallest absolute Gasteiger partial charge is 0.335 e. The Hall–Kier alpha value is -2.08. The monoisotopic (exact) mass is 368 g/mol. The summed E-state index contributed by atoms with van der Waals surface area (Å²) < 4.78 is 25.1. The largest absolute Gasteiger partial charge is 0.490 e. The quantitative estimate of drug-likeness (QED) is 0.827. The predicted octanol–water partition coefficient (Wildman–Crippen LogP) is 4.26. The number of halogens is 2. The van der Waals surface area contributed by atoms with E-state index in [0.29, 0.717) is 28.1 Å². The Morgan fingerprint density at radius 1 is 1.27 bits per heavy atom. The lowest BCUT2D eigenvalue weighted by molar-refractivity contribution is 0.0696. The number of carboxylic acids is 1. The highest BCUT2D eigenvalue weighted by Gasteiger charge is 2.16. The zero-order valence-corrected chi connectivity index (χ0v) is 13.4. The highest BCUT2D eigenvalue weighted by molar-refractivity contribution is 9.10. The molecular formula is C16H14BrFO4. The van der Waals surface area contributed by atoms with E-state index in [1.54, 1.807) is 25.1 Å². The van der Waals surface area contributed by atoms with Crippen molar-refractivity contribution in [2.24, 2.45) is 0 Å². The van der Waals surface area contributed by atoms with Crippen LogP contribution in [-0.2, 0) is 6.61 Å². The molecule has 4 nitrogen and oxygen atoms in total. The molecule has 0 aliphatic rings. The van der Waals surface area contributed by atoms with Gasteiger partial charge in [-0.2, -0.15) is 0 Å². The molecule has 0 radical (unpaired) electrons. The van der Waals surface area contributed by atoms with Gasteiger partial charge < -0.3 is 14.6 Å². The molecule has 22 heavy (non-hydrogen) atoms. The summed E-state index contributed by atoms with van der Waals surface area (Å²) in [4.78, 5) is 11.1. The van der Waals surface area contributed by atoms with E-state index in [4.69, 9.17) is 14.6 Å². The van der Waals surface area contributed by atoms with Crippen LogP contribution in [0.1, 0.15) is 22.8 Å².